The van der Waals surface area contributed by atoms with Crippen LogP contribution >= 0.6 is 0 Å². The minimum absolute atomic E-state index is 0.0853. The van der Waals surface area contributed by atoms with Crippen LogP contribution in [0.25, 0.3) is 0 Å². The van der Waals surface area contributed by atoms with Crippen molar-refractivity contribution < 1.29 is 21.9 Å². The summed E-state index contributed by atoms with van der Waals surface area (Å²) in [6.45, 7) is 0. The first-order valence-electron chi connectivity index (χ1n) is 7.25. The normalized spacial score (nSPS) is 13.9. The summed E-state index contributed by atoms with van der Waals surface area (Å²) in [6, 6.07) is 15.7. The average molecular weight is 366 g/mol. The molecule has 24 heavy (non-hydrogen) atoms. The number of benzene rings is 2. The lowest BCUT2D eigenvalue weighted by Gasteiger charge is -2.07. The van der Waals surface area contributed by atoms with E-state index in [1.54, 1.807) is 36.4 Å². The smallest absolute Gasteiger partial charge is 0.199 e. The second-order valence-electron chi connectivity index (χ2n) is 5.17. The summed E-state index contributed by atoms with van der Waals surface area (Å²) in [5, 5.41) is 10.8. The standard InChI is InChI=1S/C17H18O5S2/c18-15(11-13-23(19,20)16-7-3-1-4-8-16)12-14-24(21,22)17-9-5-2-6-10-17/h1-11,13,15,18H,12,14H2/b13-11+. The molecule has 2 rings (SSSR count). The molecule has 0 saturated heterocycles. The maximum atomic E-state index is 12.1. The third-order valence-electron chi connectivity index (χ3n) is 3.34. The quantitative estimate of drug-likeness (QED) is 0.811. The molecule has 2 aromatic rings. The van der Waals surface area contributed by atoms with Crippen molar-refractivity contribution in [2.75, 3.05) is 5.75 Å². The molecule has 0 aliphatic carbocycles. The molecule has 7 heteroatoms. The molecule has 0 aliphatic rings. The number of hydrogen-bond donors (Lipinski definition) is 1. The summed E-state index contributed by atoms with van der Waals surface area (Å²) in [5.41, 5.74) is 0. The third kappa shape index (κ3) is 5.02. The predicted octanol–water partition coefficient (Wildman–Crippen LogP) is 2.20. The highest BCUT2D eigenvalue weighted by atomic mass is 32.2. The maximum Gasteiger partial charge on any atom is 0.199 e. The molecule has 0 aliphatic heterocycles. The van der Waals surface area contributed by atoms with Gasteiger partial charge in [-0.3, -0.25) is 0 Å². The van der Waals surface area contributed by atoms with Gasteiger partial charge in [-0.1, -0.05) is 36.4 Å². The van der Waals surface area contributed by atoms with Gasteiger partial charge in [-0.05, 0) is 36.8 Å². The van der Waals surface area contributed by atoms with Gasteiger partial charge in [0.15, 0.2) is 19.7 Å². The molecule has 5 nitrogen and oxygen atoms in total. The zero-order chi connectivity index (χ0) is 17.6. The monoisotopic (exact) mass is 366 g/mol. The van der Waals surface area contributed by atoms with Crippen LogP contribution in [0.3, 0.4) is 0 Å². The van der Waals surface area contributed by atoms with E-state index >= 15 is 0 Å². The molecular weight excluding hydrogens is 348 g/mol. The van der Waals surface area contributed by atoms with Gasteiger partial charge in [-0.2, -0.15) is 0 Å². The molecule has 0 bridgehead atoms. The van der Waals surface area contributed by atoms with Crippen LogP contribution in [0.15, 0.2) is 81.9 Å². The number of rotatable bonds is 7. The molecule has 0 aromatic heterocycles. The van der Waals surface area contributed by atoms with Gasteiger partial charge in [0.2, 0.25) is 0 Å². The van der Waals surface area contributed by atoms with Crippen LogP contribution in [0.2, 0.25) is 0 Å². The first-order chi connectivity index (χ1) is 11.3. The van der Waals surface area contributed by atoms with Gasteiger partial charge in [-0.25, -0.2) is 16.8 Å². The van der Waals surface area contributed by atoms with E-state index < -0.39 is 25.8 Å². The van der Waals surface area contributed by atoms with Crippen LogP contribution in [-0.4, -0.2) is 33.8 Å². The summed E-state index contributed by atoms with van der Waals surface area (Å²) in [4.78, 5) is 0.295. The summed E-state index contributed by atoms with van der Waals surface area (Å²) in [6.07, 6.45) is -0.150. The Morgan fingerprint density at radius 2 is 1.33 bits per heavy atom. The summed E-state index contributed by atoms with van der Waals surface area (Å²) in [5.74, 6) is -0.270. The maximum absolute atomic E-state index is 12.1. The second-order valence-corrected chi connectivity index (χ2v) is 9.12. The fourth-order valence-corrected chi connectivity index (χ4v) is 4.44. The van der Waals surface area contributed by atoms with Crippen LogP contribution in [-0.2, 0) is 19.7 Å². The van der Waals surface area contributed by atoms with Gasteiger partial charge in [0.1, 0.15) is 0 Å². The van der Waals surface area contributed by atoms with Gasteiger partial charge < -0.3 is 5.11 Å². The van der Waals surface area contributed by atoms with Gasteiger partial charge in [0.25, 0.3) is 0 Å². The van der Waals surface area contributed by atoms with Crippen LogP contribution < -0.4 is 0 Å². The molecule has 0 amide bonds. The van der Waals surface area contributed by atoms with Gasteiger partial charge >= 0.3 is 0 Å². The summed E-state index contributed by atoms with van der Waals surface area (Å²) < 4.78 is 48.3. The molecule has 0 saturated carbocycles. The average Bonchev–Trinajstić information content (AvgIpc) is 2.60. The molecule has 128 valence electrons. The first kappa shape index (κ1) is 18.4. The van der Waals surface area contributed by atoms with Crippen molar-refractivity contribution in [3.63, 3.8) is 0 Å². The topological polar surface area (TPSA) is 88.5 Å². The second kappa shape index (κ2) is 7.74. The Labute approximate surface area is 142 Å². The van der Waals surface area contributed by atoms with Crippen LogP contribution in [0.1, 0.15) is 6.42 Å². The minimum Gasteiger partial charge on any atom is -0.389 e. The van der Waals surface area contributed by atoms with Gasteiger partial charge in [-0.15, -0.1) is 0 Å². The zero-order valence-corrected chi connectivity index (χ0v) is 14.4. The van der Waals surface area contributed by atoms with E-state index in [-0.39, 0.29) is 22.0 Å². The highest BCUT2D eigenvalue weighted by Gasteiger charge is 2.16. The van der Waals surface area contributed by atoms with E-state index in [1.165, 1.54) is 24.3 Å². The van der Waals surface area contributed by atoms with E-state index in [0.29, 0.717) is 0 Å². The molecule has 1 N–H and O–H groups in total. The van der Waals surface area contributed by atoms with Crippen LogP contribution in [0, 0.1) is 0 Å². The van der Waals surface area contributed by atoms with Crippen molar-refractivity contribution in [3.8, 4) is 0 Å². The van der Waals surface area contributed by atoms with E-state index in [2.05, 4.69) is 0 Å². The number of hydrogen-bond acceptors (Lipinski definition) is 5. The SMILES string of the molecule is O=S(=O)(/C=C/C(O)CCS(=O)(=O)c1ccccc1)c1ccccc1. The Balaban J connectivity index is 2.00. The highest BCUT2D eigenvalue weighted by molar-refractivity contribution is 7.94. The van der Waals surface area contributed by atoms with Crippen molar-refractivity contribution >= 4 is 19.7 Å². The Bertz CT molecular complexity index is 887. The lowest BCUT2D eigenvalue weighted by Crippen LogP contribution is -2.13. The lowest BCUT2D eigenvalue weighted by molar-refractivity contribution is 0.220. The summed E-state index contributed by atoms with van der Waals surface area (Å²) >= 11 is 0. The molecule has 0 heterocycles. The van der Waals surface area contributed by atoms with E-state index in [0.717, 1.165) is 11.5 Å². The number of aliphatic hydroxyl groups excluding tert-OH is 1. The minimum atomic E-state index is -3.65. The molecule has 1 atom stereocenters. The number of sulfone groups is 2. The van der Waals surface area contributed by atoms with Crippen LogP contribution in [0.5, 0.6) is 0 Å². The molecule has 0 radical (unpaired) electrons. The largest absolute Gasteiger partial charge is 0.389 e. The first-order valence-corrected chi connectivity index (χ1v) is 10.5. The van der Waals surface area contributed by atoms with Crippen molar-refractivity contribution in [3.05, 3.63) is 72.1 Å². The van der Waals surface area contributed by atoms with Crippen molar-refractivity contribution in [2.45, 2.75) is 22.3 Å². The third-order valence-corrected chi connectivity index (χ3v) is 6.54. The lowest BCUT2D eigenvalue weighted by atomic mass is 10.3. The van der Waals surface area contributed by atoms with E-state index in [4.69, 9.17) is 0 Å². The molecule has 1 unspecified atom stereocenters. The summed E-state index contributed by atoms with van der Waals surface area (Å²) in [7, 11) is -7.16. The fraction of sp³-hybridized carbons (Fsp3) is 0.176. The van der Waals surface area contributed by atoms with E-state index in [1.807, 2.05) is 0 Å². The Morgan fingerprint density at radius 3 is 1.88 bits per heavy atom. The van der Waals surface area contributed by atoms with Gasteiger partial charge in [0, 0.05) is 5.41 Å². The molecule has 2 aromatic carbocycles. The fourth-order valence-electron chi connectivity index (χ4n) is 2.00. The van der Waals surface area contributed by atoms with Crippen molar-refractivity contribution in [2.24, 2.45) is 0 Å². The van der Waals surface area contributed by atoms with Crippen molar-refractivity contribution in [1.82, 2.24) is 0 Å². The highest BCUT2D eigenvalue weighted by Crippen LogP contribution is 2.14. The van der Waals surface area contributed by atoms with Gasteiger partial charge in [0.05, 0.1) is 21.6 Å². The Hall–Kier alpha value is -1.96. The molecular formula is C17H18O5S2. The van der Waals surface area contributed by atoms with Crippen LogP contribution in [0.4, 0.5) is 0 Å². The van der Waals surface area contributed by atoms with E-state index in [9.17, 15) is 21.9 Å². The molecule has 0 fully saturated rings. The number of aliphatic hydroxyl groups is 1. The Morgan fingerprint density at radius 1 is 0.833 bits per heavy atom. The molecule has 0 spiro atoms. The Kier molecular flexibility index (Phi) is 5.93. The van der Waals surface area contributed by atoms with Crippen molar-refractivity contribution in [1.29, 1.82) is 0 Å². The predicted molar refractivity (Wildman–Crippen MR) is 91.9 cm³/mol. The zero-order valence-electron chi connectivity index (χ0n) is 12.8.